The van der Waals surface area contributed by atoms with E-state index in [0.717, 1.165) is 10.4 Å². The van der Waals surface area contributed by atoms with Crippen LogP contribution in [0.15, 0.2) is 97.2 Å². The van der Waals surface area contributed by atoms with Crippen LogP contribution in [0, 0.1) is 18.6 Å². The number of carbonyl (C=O) groups is 1. The van der Waals surface area contributed by atoms with Crippen molar-refractivity contribution in [1.29, 1.82) is 0 Å². The molecule has 6 aromatic rings. The van der Waals surface area contributed by atoms with E-state index in [4.69, 9.17) is 9.16 Å². The maximum Gasteiger partial charge on any atom is 0.261 e. The second-order valence-corrected chi connectivity index (χ2v) is 18.3. The zero-order chi connectivity index (χ0) is 36.4. The van der Waals surface area contributed by atoms with E-state index in [2.05, 4.69) is 65.4 Å². The van der Waals surface area contributed by atoms with Crippen LogP contribution in [0.5, 0.6) is 5.75 Å². The summed E-state index contributed by atoms with van der Waals surface area (Å²) < 4.78 is 43.6. The van der Waals surface area contributed by atoms with Gasteiger partial charge in [0.1, 0.15) is 23.9 Å². The lowest BCUT2D eigenvalue weighted by Crippen LogP contribution is -2.67. The Hall–Kier alpha value is -5.07. The summed E-state index contributed by atoms with van der Waals surface area (Å²) in [6, 6.07) is 27.7. The molecule has 0 N–H and O–H groups in total. The molecule has 3 aromatic carbocycles. The predicted molar refractivity (Wildman–Crippen MR) is 194 cm³/mol. The van der Waals surface area contributed by atoms with Crippen molar-refractivity contribution in [2.75, 3.05) is 6.61 Å². The number of fused-ring (bicyclic) bond motifs is 1. The highest BCUT2D eigenvalue weighted by Gasteiger charge is 2.52. The van der Waals surface area contributed by atoms with Crippen LogP contribution in [0.25, 0.3) is 5.65 Å². The second kappa shape index (κ2) is 14.3. The molecule has 3 aromatic heterocycles. The molecule has 6 rings (SSSR count). The maximum absolute atomic E-state index is 14.5. The molecule has 0 saturated heterocycles. The number of ether oxygens (including phenoxy) is 1. The lowest BCUT2D eigenvalue weighted by Gasteiger charge is -2.44. The molecule has 3 heterocycles. The molecule has 0 bridgehead atoms. The number of hydrogen-bond donors (Lipinski definition) is 0. The highest BCUT2D eigenvalue weighted by Crippen LogP contribution is 2.39. The fraction of sp³-hybridized carbons (Fsp3) is 0.308. The Balaban J connectivity index is 1.38. The quantitative estimate of drug-likeness (QED) is 0.0984. The monoisotopic (exact) mass is 708 g/mol. The van der Waals surface area contributed by atoms with E-state index in [0.29, 0.717) is 29.4 Å². The summed E-state index contributed by atoms with van der Waals surface area (Å²) in [4.78, 5) is 20.7. The van der Waals surface area contributed by atoms with Crippen molar-refractivity contribution < 1.29 is 22.7 Å². The minimum atomic E-state index is -3.00. The summed E-state index contributed by atoms with van der Waals surface area (Å²) in [5.41, 5.74) is 0.00404. The first-order chi connectivity index (χ1) is 24.4. The number of carbonyl (C=O) groups excluding carboxylic acids is 1. The van der Waals surface area contributed by atoms with Gasteiger partial charge in [-0.15, -0.1) is 10.2 Å². The molecule has 1 unspecified atom stereocenters. The third-order valence-corrected chi connectivity index (χ3v) is 14.3. The number of tetrazole rings is 1. The lowest BCUT2D eigenvalue weighted by atomic mass is 9.84. The fourth-order valence-electron chi connectivity index (χ4n) is 6.71. The van der Waals surface area contributed by atoms with Crippen molar-refractivity contribution in [3.63, 3.8) is 0 Å². The van der Waals surface area contributed by atoms with Crippen LogP contribution >= 0.6 is 0 Å². The van der Waals surface area contributed by atoms with E-state index in [1.54, 1.807) is 29.7 Å². The number of pyridine rings is 1. The van der Waals surface area contributed by atoms with E-state index in [-0.39, 0.29) is 41.8 Å². The lowest BCUT2D eigenvalue weighted by molar-refractivity contribution is 0.0912. The maximum atomic E-state index is 14.5. The Kier molecular flexibility index (Phi) is 10.0. The molecule has 0 fully saturated rings. The SMILES string of the molecule is CCn1nnc(C(C)(CO[Si](c2ccccc2)(c2ccccc2)C(C)(C)C)CC(=O)c2c(C)nc3c(OCc4c(F)cccc4F)cccn23)n1. The Morgan fingerprint density at radius 2 is 1.49 bits per heavy atom. The second-order valence-electron chi connectivity index (χ2n) is 14.0. The Morgan fingerprint density at radius 3 is 2.06 bits per heavy atom. The van der Waals surface area contributed by atoms with Gasteiger partial charge in [-0.05, 0) is 65.7 Å². The van der Waals surface area contributed by atoms with Gasteiger partial charge in [-0.2, -0.15) is 4.80 Å². The predicted octanol–water partition coefficient (Wildman–Crippen LogP) is 6.61. The number of Topliss-reactive ketones (excluding diaryl/α,β-unsaturated/α-hetero) is 1. The molecule has 51 heavy (non-hydrogen) atoms. The molecule has 0 saturated carbocycles. The first-order valence-corrected chi connectivity index (χ1v) is 18.9. The van der Waals surface area contributed by atoms with Gasteiger partial charge in [0.05, 0.1) is 23.2 Å². The first-order valence-electron chi connectivity index (χ1n) is 17.0. The number of benzene rings is 3. The number of ketones is 1. The highest BCUT2D eigenvalue weighted by molar-refractivity contribution is 6.99. The van der Waals surface area contributed by atoms with Gasteiger partial charge in [-0.3, -0.25) is 9.20 Å². The van der Waals surface area contributed by atoms with Gasteiger partial charge in [0.2, 0.25) is 0 Å². The third kappa shape index (κ3) is 6.85. The average Bonchev–Trinajstić information content (AvgIpc) is 3.74. The summed E-state index contributed by atoms with van der Waals surface area (Å²) >= 11 is 0. The molecule has 0 amide bonds. The molecule has 1 atom stereocenters. The topological polar surface area (TPSA) is 96.4 Å². The Labute approximate surface area is 297 Å². The third-order valence-electron chi connectivity index (χ3n) is 9.34. The van der Waals surface area contributed by atoms with Gasteiger partial charge in [0, 0.05) is 19.2 Å². The minimum Gasteiger partial charge on any atom is -0.485 e. The summed E-state index contributed by atoms with van der Waals surface area (Å²) in [5.74, 6) is -0.930. The average molecular weight is 709 g/mol. The highest BCUT2D eigenvalue weighted by atomic mass is 28.4. The smallest absolute Gasteiger partial charge is 0.261 e. The molecule has 0 radical (unpaired) electrons. The van der Waals surface area contributed by atoms with Gasteiger partial charge in [-0.1, -0.05) is 87.5 Å². The van der Waals surface area contributed by atoms with Crippen molar-refractivity contribution in [3.05, 3.63) is 132 Å². The summed E-state index contributed by atoms with van der Waals surface area (Å²) in [5, 5.41) is 15.3. The molecular weight excluding hydrogens is 667 g/mol. The summed E-state index contributed by atoms with van der Waals surface area (Å²) in [7, 11) is -3.00. The summed E-state index contributed by atoms with van der Waals surface area (Å²) in [6.45, 7) is 12.5. The van der Waals surface area contributed by atoms with Gasteiger partial charge < -0.3 is 9.16 Å². The molecule has 12 heteroatoms. The molecule has 0 aliphatic carbocycles. The molecule has 0 spiro atoms. The van der Waals surface area contributed by atoms with Gasteiger partial charge in [0.25, 0.3) is 8.32 Å². The fourth-order valence-corrected chi connectivity index (χ4v) is 11.4. The van der Waals surface area contributed by atoms with E-state index in [1.165, 1.54) is 23.0 Å². The van der Waals surface area contributed by atoms with E-state index >= 15 is 0 Å². The van der Waals surface area contributed by atoms with Crippen molar-refractivity contribution in [3.8, 4) is 5.75 Å². The molecular formula is C39H42F2N6O3Si. The van der Waals surface area contributed by atoms with Gasteiger partial charge >= 0.3 is 0 Å². The number of halogens is 2. The van der Waals surface area contributed by atoms with Crippen LogP contribution in [-0.4, -0.2) is 50.3 Å². The Morgan fingerprint density at radius 1 is 0.863 bits per heavy atom. The van der Waals surface area contributed by atoms with Crippen LogP contribution < -0.4 is 15.1 Å². The van der Waals surface area contributed by atoms with E-state index in [1.807, 2.05) is 50.2 Å². The largest absolute Gasteiger partial charge is 0.485 e. The van der Waals surface area contributed by atoms with Crippen molar-refractivity contribution >= 4 is 30.1 Å². The number of rotatable bonds is 13. The van der Waals surface area contributed by atoms with Crippen molar-refractivity contribution in [2.45, 2.75) is 71.6 Å². The van der Waals surface area contributed by atoms with Crippen LogP contribution in [0.2, 0.25) is 5.04 Å². The first kappa shape index (κ1) is 35.7. The molecule has 9 nitrogen and oxygen atoms in total. The van der Waals surface area contributed by atoms with Gasteiger partial charge in [0.15, 0.2) is 23.0 Å². The zero-order valence-electron chi connectivity index (χ0n) is 29.7. The van der Waals surface area contributed by atoms with Crippen LogP contribution in [0.3, 0.4) is 0 Å². The van der Waals surface area contributed by atoms with Crippen LogP contribution in [0.4, 0.5) is 8.78 Å². The molecule has 0 aliphatic rings. The number of imidazole rings is 1. The molecule has 264 valence electrons. The van der Waals surface area contributed by atoms with E-state index < -0.39 is 25.4 Å². The number of aromatic nitrogens is 6. The van der Waals surface area contributed by atoms with Crippen molar-refractivity contribution in [1.82, 2.24) is 29.6 Å². The zero-order valence-corrected chi connectivity index (χ0v) is 30.7. The minimum absolute atomic E-state index is 0.0131. The summed E-state index contributed by atoms with van der Waals surface area (Å²) in [6.07, 6.45) is 1.71. The molecule has 0 aliphatic heterocycles. The number of nitrogens with zero attached hydrogens (tertiary/aromatic N) is 6. The van der Waals surface area contributed by atoms with Crippen molar-refractivity contribution in [2.24, 2.45) is 0 Å². The number of hydrogen-bond acceptors (Lipinski definition) is 7. The standard InChI is InChI=1S/C39H42F2N6O3Si/c1-7-47-44-37(43-45-47)39(6,26-50-51(38(3,4)5,28-16-10-8-11-17-28)29-18-12-9-13-19-29)24-33(48)35-27(2)42-36-34(22-15-23-46(35)36)49-25-30-31(40)20-14-21-32(30)41/h8-23H,7,24-26H2,1-6H3. The Bertz CT molecular complexity index is 2090. The normalized spacial score (nSPS) is 13.3. The van der Waals surface area contributed by atoms with E-state index in [9.17, 15) is 13.6 Å². The van der Waals surface area contributed by atoms with Gasteiger partial charge in [-0.25, -0.2) is 13.8 Å². The van der Waals surface area contributed by atoms with Crippen LogP contribution in [-0.2, 0) is 23.0 Å². The number of aryl methyl sites for hydroxylation is 2. The van der Waals surface area contributed by atoms with Crippen LogP contribution in [0.1, 0.15) is 68.6 Å².